The topological polar surface area (TPSA) is 63.7 Å². The summed E-state index contributed by atoms with van der Waals surface area (Å²) in [6.07, 6.45) is 0. The summed E-state index contributed by atoms with van der Waals surface area (Å²) in [6, 6.07) is 33.3. The Morgan fingerprint density at radius 3 is 1.51 bits per heavy atom. The van der Waals surface area contributed by atoms with Crippen LogP contribution in [0.15, 0.2) is 103 Å². The van der Waals surface area contributed by atoms with Crippen LogP contribution in [-0.2, 0) is 14.4 Å². The van der Waals surface area contributed by atoms with Crippen molar-refractivity contribution in [3.05, 3.63) is 125 Å². The van der Waals surface area contributed by atoms with Gasteiger partial charge in [-0.2, -0.15) is 0 Å². The number of carbonyl (C=O) groups excluding carboxylic acids is 3. The molecule has 0 N–H and O–H groups in total. The summed E-state index contributed by atoms with van der Waals surface area (Å²) >= 11 is 0. The van der Waals surface area contributed by atoms with Gasteiger partial charge in [0, 0.05) is 11.8 Å². The fraction of sp³-hybridized carbons (Fsp3) is 0.156. The van der Waals surface area contributed by atoms with E-state index in [0.29, 0.717) is 5.75 Å². The number of carbonyl (C=O) groups is 3. The van der Waals surface area contributed by atoms with Crippen LogP contribution in [0.2, 0.25) is 0 Å². The molecule has 0 radical (unpaired) electrons. The van der Waals surface area contributed by atoms with Gasteiger partial charge >= 0.3 is 5.97 Å². The molecule has 180 valence electrons. The zero-order valence-corrected chi connectivity index (χ0v) is 19.9. The number of rotatable bonds is 4. The SMILES string of the molecule is O=C(CN1C(=O)[C@@H]2C3c4ccccc4C(c4ccccc43)[C@H]2C1=O)Oc1ccc(-c2ccccc2)cc1. The molecule has 4 aromatic carbocycles. The molecule has 4 aliphatic rings. The number of benzene rings is 4. The minimum Gasteiger partial charge on any atom is -0.425 e. The number of ether oxygens (including phenoxy) is 1. The highest BCUT2D eigenvalue weighted by Crippen LogP contribution is 2.60. The zero-order chi connectivity index (χ0) is 25.1. The third kappa shape index (κ3) is 3.27. The van der Waals surface area contributed by atoms with Crippen molar-refractivity contribution in [1.82, 2.24) is 4.90 Å². The minimum atomic E-state index is -0.629. The number of amides is 2. The molecule has 1 saturated heterocycles. The van der Waals surface area contributed by atoms with Gasteiger partial charge in [0.05, 0.1) is 11.8 Å². The molecule has 37 heavy (non-hydrogen) atoms. The largest absolute Gasteiger partial charge is 0.425 e. The van der Waals surface area contributed by atoms with Crippen LogP contribution in [0.4, 0.5) is 0 Å². The number of likely N-dealkylation sites (tertiary alicyclic amines) is 1. The van der Waals surface area contributed by atoms with Gasteiger partial charge in [0.25, 0.3) is 0 Å². The maximum Gasteiger partial charge on any atom is 0.331 e. The van der Waals surface area contributed by atoms with Crippen LogP contribution in [0.5, 0.6) is 5.75 Å². The van der Waals surface area contributed by atoms with Crippen molar-refractivity contribution in [3.8, 4) is 16.9 Å². The standard InChI is InChI=1S/C32H23NO4/c34-26(37-21-16-14-20(15-17-21)19-8-2-1-3-9-19)18-33-31(35)29-27-22-10-4-5-11-23(22)28(30(29)32(33)36)25-13-7-6-12-24(25)27/h1-17,27-30H,18H2/t27?,28?,29-,30-/m1/s1. The first kappa shape index (κ1) is 21.7. The van der Waals surface area contributed by atoms with Crippen LogP contribution in [0.25, 0.3) is 11.1 Å². The van der Waals surface area contributed by atoms with E-state index in [-0.39, 0.29) is 23.7 Å². The lowest BCUT2D eigenvalue weighted by atomic mass is 9.55. The molecular weight excluding hydrogens is 462 g/mol. The van der Waals surface area contributed by atoms with Crippen LogP contribution in [0.1, 0.15) is 34.1 Å². The van der Waals surface area contributed by atoms with Crippen molar-refractivity contribution in [3.63, 3.8) is 0 Å². The third-order valence-corrected chi connectivity index (χ3v) is 8.02. The lowest BCUT2D eigenvalue weighted by Gasteiger charge is -2.45. The van der Waals surface area contributed by atoms with Crippen molar-refractivity contribution in [2.24, 2.45) is 11.8 Å². The first-order valence-corrected chi connectivity index (χ1v) is 12.5. The normalized spacial score (nSPS) is 22.9. The second-order valence-corrected chi connectivity index (χ2v) is 9.89. The quantitative estimate of drug-likeness (QED) is 0.228. The number of nitrogens with zero attached hydrogens (tertiary/aromatic N) is 1. The van der Waals surface area contributed by atoms with E-state index in [0.717, 1.165) is 38.3 Å². The molecule has 2 amide bonds. The van der Waals surface area contributed by atoms with Gasteiger partial charge in [0.15, 0.2) is 0 Å². The van der Waals surface area contributed by atoms with Crippen LogP contribution < -0.4 is 4.74 Å². The molecule has 2 atom stereocenters. The minimum absolute atomic E-state index is 0.189. The van der Waals surface area contributed by atoms with Gasteiger partial charge in [-0.15, -0.1) is 0 Å². The fourth-order valence-corrected chi connectivity index (χ4v) is 6.53. The van der Waals surface area contributed by atoms with Crippen molar-refractivity contribution in [2.75, 3.05) is 6.54 Å². The first-order chi connectivity index (χ1) is 18.1. The van der Waals surface area contributed by atoms with E-state index in [9.17, 15) is 14.4 Å². The van der Waals surface area contributed by atoms with E-state index in [1.807, 2.05) is 66.7 Å². The van der Waals surface area contributed by atoms with E-state index in [2.05, 4.69) is 24.3 Å². The molecule has 5 nitrogen and oxygen atoms in total. The van der Waals surface area contributed by atoms with E-state index < -0.39 is 24.3 Å². The molecule has 8 rings (SSSR count). The van der Waals surface area contributed by atoms with Crippen LogP contribution in [0.3, 0.4) is 0 Å². The van der Waals surface area contributed by atoms with E-state index in [1.54, 1.807) is 12.1 Å². The molecule has 0 unspecified atom stereocenters. The van der Waals surface area contributed by atoms with Crippen molar-refractivity contribution >= 4 is 17.8 Å². The molecule has 2 bridgehead atoms. The van der Waals surface area contributed by atoms with Crippen LogP contribution in [0, 0.1) is 11.8 Å². The Bertz CT molecular complexity index is 1440. The van der Waals surface area contributed by atoms with Crippen LogP contribution in [-0.4, -0.2) is 29.2 Å². The molecule has 4 aromatic rings. The average molecular weight is 486 g/mol. The van der Waals surface area contributed by atoms with Gasteiger partial charge in [-0.3, -0.25) is 14.5 Å². The predicted octanol–water partition coefficient (Wildman–Crippen LogP) is 5.15. The monoisotopic (exact) mass is 485 g/mol. The molecule has 1 heterocycles. The van der Waals surface area contributed by atoms with Crippen molar-refractivity contribution in [2.45, 2.75) is 11.8 Å². The predicted molar refractivity (Wildman–Crippen MR) is 138 cm³/mol. The van der Waals surface area contributed by atoms with Crippen molar-refractivity contribution < 1.29 is 19.1 Å². The van der Waals surface area contributed by atoms with Gasteiger partial charge in [0.1, 0.15) is 12.3 Å². The summed E-state index contributed by atoms with van der Waals surface area (Å²) < 4.78 is 5.53. The molecule has 0 spiro atoms. The molecule has 1 fully saturated rings. The number of esters is 1. The molecular formula is C32H23NO4. The smallest absolute Gasteiger partial charge is 0.331 e. The summed E-state index contributed by atoms with van der Waals surface area (Å²) in [5.41, 5.74) is 6.50. The van der Waals surface area contributed by atoms with Crippen molar-refractivity contribution in [1.29, 1.82) is 0 Å². The van der Waals surface area contributed by atoms with Gasteiger partial charge in [-0.1, -0.05) is 91.0 Å². The number of hydrogen-bond donors (Lipinski definition) is 0. The zero-order valence-electron chi connectivity index (χ0n) is 19.9. The Balaban J connectivity index is 1.14. The molecule has 5 heteroatoms. The Labute approximate surface area is 214 Å². The lowest BCUT2D eigenvalue weighted by molar-refractivity contribution is -0.148. The van der Waals surface area contributed by atoms with Gasteiger partial charge < -0.3 is 4.74 Å². The summed E-state index contributed by atoms with van der Waals surface area (Å²) in [6.45, 7) is -0.392. The third-order valence-electron chi connectivity index (χ3n) is 8.02. The maximum atomic E-state index is 13.6. The summed E-state index contributed by atoms with van der Waals surface area (Å²) in [7, 11) is 0. The average Bonchev–Trinajstić information content (AvgIpc) is 3.19. The number of imide groups is 1. The molecule has 1 aliphatic heterocycles. The Morgan fingerprint density at radius 1 is 0.595 bits per heavy atom. The lowest BCUT2D eigenvalue weighted by Crippen LogP contribution is -2.41. The molecule has 0 saturated carbocycles. The highest BCUT2D eigenvalue weighted by molar-refractivity contribution is 6.09. The van der Waals surface area contributed by atoms with E-state index in [4.69, 9.17) is 4.74 Å². The van der Waals surface area contributed by atoms with Crippen LogP contribution >= 0.6 is 0 Å². The fourth-order valence-electron chi connectivity index (χ4n) is 6.53. The van der Waals surface area contributed by atoms with Gasteiger partial charge in [0.2, 0.25) is 11.8 Å². The highest BCUT2D eigenvalue weighted by Gasteiger charge is 2.61. The summed E-state index contributed by atoms with van der Waals surface area (Å²) in [5.74, 6) is -2.21. The highest BCUT2D eigenvalue weighted by atomic mass is 16.5. The summed E-state index contributed by atoms with van der Waals surface area (Å²) in [5, 5.41) is 0. The first-order valence-electron chi connectivity index (χ1n) is 12.5. The number of hydrogen-bond acceptors (Lipinski definition) is 4. The molecule has 0 aromatic heterocycles. The second kappa shape index (κ2) is 8.27. The Hall–Kier alpha value is -4.51. The Kier molecular flexibility index (Phi) is 4.86. The van der Waals surface area contributed by atoms with Gasteiger partial charge in [-0.25, -0.2) is 4.79 Å². The Morgan fingerprint density at radius 2 is 1.03 bits per heavy atom. The van der Waals surface area contributed by atoms with Gasteiger partial charge in [-0.05, 0) is 45.5 Å². The summed E-state index contributed by atoms with van der Waals surface area (Å²) in [4.78, 5) is 41.3. The van der Waals surface area contributed by atoms with E-state index in [1.165, 1.54) is 0 Å². The maximum absolute atomic E-state index is 13.6. The van der Waals surface area contributed by atoms with E-state index >= 15 is 0 Å². The molecule has 3 aliphatic carbocycles. The second-order valence-electron chi connectivity index (χ2n) is 9.89.